The van der Waals surface area contributed by atoms with Gasteiger partial charge in [0.25, 0.3) is 0 Å². The third kappa shape index (κ3) is 2.38. The summed E-state index contributed by atoms with van der Waals surface area (Å²) in [5, 5.41) is 0. The molecule has 0 aliphatic heterocycles. The van der Waals surface area contributed by atoms with Gasteiger partial charge in [-0.15, -0.1) is 0 Å². The lowest BCUT2D eigenvalue weighted by Crippen LogP contribution is -2.03. The molecule has 0 saturated heterocycles. The minimum atomic E-state index is -4.31. The fourth-order valence-electron chi connectivity index (χ4n) is 2.07. The Bertz CT molecular complexity index is 585. The van der Waals surface area contributed by atoms with Crippen molar-refractivity contribution >= 4 is 0 Å². The van der Waals surface area contributed by atoms with Crippen LogP contribution in [0.15, 0.2) is 40.8 Å². The number of furan rings is 1. The lowest BCUT2D eigenvalue weighted by molar-refractivity contribution is -0.137. The average molecular weight is 267 g/mol. The smallest absolute Gasteiger partial charge is 0.416 e. The molecule has 1 saturated carbocycles. The number of hydrogen-bond donors (Lipinski definition) is 1. The van der Waals surface area contributed by atoms with Crippen LogP contribution in [0.5, 0.6) is 0 Å². The number of nitrogens with two attached hydrogens (primary N) is 1. The molecule has 0 unspecified atom stereocenters. The molecule has 0 radical (unpaired) electrons. The zero-order chi connectivity index (χ0) is 13.6. The van der Waals surface area contributed by atoms with Crippen molar-refractivity contribution in [3.8, 4) is 11.3 Å². The molecule has 19 heavy (non-hydrogen) atoms. The van der Waals surface area contributed by atoms with Crippen LogP contribution in [0.2, 0.25) is 0 Å². The van der Waals surface area contributed by atoms with Crippen LogP contribution in [0.1, 0.15) is 23.7 Å². The van der Waals surface area contributed by atoms with E-state index >= 15 is 0 Å². The van der Waals surface area contributed by atoms with Crippen molar-refractivity contribution in [2.75, 3.05) is 0 Å². The number of halogens is 3. The zero-order valence-corrected chi connectivity index (χ0v) is 9.95. The van der Waals surface area contributed by atoms with Gasteiger partial charge in [-0.25, -0.2) is 0 Å². The van der Waals surface area contributed by atoms with E-state index in [9.17, 15) is 13.2 Å². The van der Waals surface area contributed by atoms with Crippen LogP contribution in [0.25, 0.3) is 11.3 Å². The predicted molar refractivity (Wildman–Crippen MR) is 64.5 cm³/mol. The molecule has 2 atom stereocenters. The Kier molecular flexibility index (Phi) is 2.67. The van der Waals surface area contributed by atoms with Crippen LogP contribution in [0.3, 0.4) is 0 Å². The minimum Gasteiger partial charge on any atom is -0.461 e. The van der Waals surface area contributed by atoms with E-state index in [-0.39, 0.29) is 12.0 Å². The Morgan fingerprint density at radius 3 is 2.21 bits per heavy atom. The second-order valence-corrected chi connectivity index (χ2v) is 4.78. The van der Waals surface area contributed by atoms with Crippen LogP contribution in [-0.2, 0) is 6.18 Å². The molecule has 5 heteroatoms. The Morgan fingerprint density at radius 1 is 1.05 bits per heavy atom. The van der Waals surface area contributed by atoms with Crippen LogP contribution >= 0.6 is 0 Å². The largest absolute Gasteiger partial charge is 0.461 e. The Balaban J connectivity index is 1.84. The summed E-state index contributed by atoms with van der Waals surface area (Å²) in [6, 6.07) is 8.69. The van der Waals surface area contributed by atoms with E-state index in [1.165, 1.54) is 12.1 Å². The van der Waals surface area contributed by atoms with Crippen LogP contribution < -0.4 is 5.73 Å². The molecular weight excluding hydrogens is 255 g/mol. The number of hydrogen-bond acceptors (Lipinski definition) is 2. The molecule has 2 nitrogen and oxygen atoms in total. The van der Waals surface area contributed by atoms with E-state index in [2.05, 4.69) is 0 Å². The molecular formula is C14H12F3NO. The summed E-state index contributed by atoms with van der Waals surface area (Å²) in [5.74, 6) is 1.63. The molecule has 3 rings (SSSR count). The van der Waals surface area contributed by atoms with Crippen molar-refractivity contribution in [3.05, 3.63) is 47.7 Å². The first-order chi connectivity index (χ1) is 8.95. The molecule has 2 aromatic rings. The van der Waals surface area contributed by atoms with Gasteiger partial charge in [-0.3, -0.25) is 0 Å². The summed E-state index contributed by atoms with van der Waals surface area (Å²) in [6.45, 7) is 0. The molecule has 1 aliphatic carbocycles. The van der Waals surface area contributed by atoms with E-state index in [0.29, 0.717) is 11.3 Å². The van der Waals surface area contributed by atoms with Gasteiger partial charge in [0.05, 0.1) is 5.56 Å². The highest BCUT2D eigenvalue weighted by Crippen LogP contribution is 2.41. The predicted octanol–water partition coefficient (Wildman–Crippen LogP) is 3.78. The van der Waals surface area contributed by atoms with Gasteiger partial charge in [-0.1, -0.05) is 12.1 Å². The average Bonchev–Trinajstić information content (AvgIpc) is 2.91. The summed E-state index contributed by atoms with van der Waals surface area (Å²) in [6.07, 6.45) is -3.41. The maximum absolute atomic E-state index is 12.4. The fraction of sp³-hybridized carbons (Fsp3) is 0.286. The quantitative estimate of drug-likeness (QED) is 0.899. The zero-order valence-electron chi connectivity index (χ0n) is 9.95. The van der Waals surface area contributed by atoms with Crippen molar-refractivity contribution in [1.82, 2.24) is 0 Å². The second-order valence-electron chi connectivity index (χ2n) is 4.78. The highest BCUT2D eigenvalue weighted by Gasteiger charge is 2.37. The SMILES string of the molecule is N[C@@H]1C[C@H]1c1ccc(-c2ccc(C(F)(F)F)cc2)o1. The third-order valence-electron chi connectivity index (χ3n) is 3.33. The summed E-state index contributed by atoms with van der Waals surface area (Å²) in [4.78, 5) is 0. The standard InChI is InChI=1S/C14H12F3NO/c15-14(16,17)9-3-1-8(2-4-9)12-5-6-13(19-12)10-7-11(10)18/h1-6,10-11H,7,18H2/t10-,11-/m1/s1. The summed E-state index contributed by atoms with van der Waals surface area (Å²) < 4.78 is 43.0. The van der Waals surface area contributed by atoms with Gasteiger partial charge in [0, 0.05) is 17.5 Å². The maximum atomic E-state index is 12.4. The lowest BCUT2D eigenvalue weighted by Gasteiger charge is -2.06. The molecule has 2 N–H and O–H groups in total. The van der Waals surface area contributed by atoms with E-state index in [4.69, 9.17) is 10.2 Å². The van der Waals surface area contributed by atoms with Gasteiger partial charge in [-0.05, 0) is 30.7 Å². The van der Waals surface area contributed by atoms with E-state index in [0.717, 1.165) is 24.3 Å². The Morgan fingerprint density at radius 2 is 1.68 bits per heavy atom. The van der Waals surface area contributed by atoms with Crippen molar-refractivity contribution in [2.45, 2.75) is 24.6 Å². The van der Waals surface area contributed by atoms with Crippen LogP contribution in [0, 0.1) is 0 Å². The van der Waals surface area contributed by atoms with Crippen molar-refractivity contribution in [2.24, 2.45) is 5.73 Å². The van der Waals surface area contributed by atoms with Gasteiger partial charge in [0.2, 0.25) is 0 Å². The number of rotatable bonds is 2. The minimum absolute atomic E-state index is 0.145. The van der Waals surface area contributed by atoms with Crippen molar-refractivity contribution in [3.63, 3.8) is 0 Å². The van der Waals surface area contributed by atoms with E-state index < -0.39 is 11.7 Å². The van der Waals surface area contributed by atoms with Crippen LogP contribution in [0.4, 0.5) is 13.2 Å². The fourth-order valence-corrected chi connectivity index (χ4v) is 2.07. The Labute approximate surface area is 108 Å². The third-order valence-corrected chi connectivity index (χ3v) is 3.33. The first-order valence-electron chi connectivity index (χ1n) is 5.98. The van der Waals surface area contributed by atoms with Gasteiger partial charge in [0.15, 0.2) is 0 Å². The normalized spacial score (nSPS) is 22.5. The molecule has 1 fully saturated rings. The van der Waals surface area contributed by atoms with Gasteiger partial charge in [-0.2, -0.15) is 13.2 Å². The molecule has 1 heterocycles. The molecule has 0 bridgehead atoms. The van der Waals surface area contributed by atoms with Gasteiger partial charge in [0.1, 0.15) is 11.5 Å². The summed E-state index contributed by atoms with van der Waals surface area (Å²) in [7, 11) is 0. The highest BCUT2D eigenvalue weighted by atomic mass is 19.4. The van der Waals surface area contributed by atoms with Gasteiger partial charge < -0.3 is 10.2 Å². The molecule has 100 valence electrons. The molecule has 1 aromatic heterocycles. The topological polar surface area (TPSA) is 39.2 Å². The molecule has 1 aromatic carbocycles. The molecule has 1 aliphatic rings. The highest BCUT2D eigenvalue weighted by molar-refractivity contribution is 5.58. The first-order valence-corrected chi connectivity index (χ1v) is 5.98. The van der Waals surface area contributed by atoms with E-state index in [1.54, 1.807) is 6.07 Å². The van der Waals surface area contributed by atoms with Crippen molar-refractivity contribution in [1.29, 1.82) is 0 Å². The maximum Gasteiger partial charge on any atom is 0.416 e. The van der Waals surface area contributed by atoms with Crippen molar-refractivity contribution < 1.29 is 17.6 Å². The Hall–Kier alpha value is -1.75. The van der Waals surface area contributed by atoms with Gasteiger partial charge >= 0.3 is 6.18 Å². The lowest BCUT2D eigenvalue weighted by atomic mass is 10.1. The molecule has 0 spiro atoms. The van der Waals surface area contributed by atoms with Crippen LogP contribution in [-0.4, -0.2) is 6.04 Å². The summed E-state index contributed by atoms with van der Waals surface area (Å²) >= 11 is 0. The number of alkyl halides is 3. The first kappa shape index (κ1) is 12.3. The second kappa shape index (κ2) is 4.13. The monoisotopic (exact) mass is 267 g/mol. The molecule has 0 amide bonds. The summed E-state index contributed by atoms with van der Waals surface area (Å²) in [5.41, 5.74) is 5.70. The van der Waals surface area contributed by atoms with E-state index in [1.807, 2.05) is 6.07 Å². The number of benzene rings is 1.